The van der Waals surface area contributed by atoms with Gasteiger partial charge in [-0.25, -0.2) is 14.4 Å². The Morgan fingerprint density at radius 3 is 2.65 bits per heavy atom. The molecule has 1 aliphatic carbocycles. The van der Waals surface area contributed by atoms with Gasteiger partial charge in [0.2, 0.25) is 5.91 Å². The van der Waals surface area contributed by atoms with Crippen molar-refractivity contribution in [3.8, 4) is 28.8 Å². The minimum absolute atomic E-state index is 0.00285. The zero-order valence-electron chi connectivity index (χ0n) is 25.9. The molecule has 0 radical (unpaired) electrons. The van der Waals surface area contributed by atoms with E-state index in [1.54, 1.807) is 11.0 Å². The molecule has 5 heterocycles. The number of aliphatic hydroxyl groups excluding tert-OH is 1. The molecule has 48 heavy (non-hydrogen) atoms. The lowest BCUT2D eigenvalue weighted by molar-refractivity contribution is -0.286. The van der Waals surface area contributed by atoms with Gasteiger partial charge in [0.1, 0.15) is 22.2 Å². The summed E-state index contributed by atoms with van der Waals surface area (Å²) in [6.07, 6.45) is -1.86. The van der Waals surface area contributed by atoms with E-state index in [0.717, 1.165) is 47.5 Å². The molecule has 1 N–H and O–H groups in total. The van der Waals surface area contributed by atoms with E-state index in [1.165, 1.54) is 18.2 Å². The molecule has 248 valence electrons. The molecule has 4 aliphatic rings. The van der Waals surface area contributed by atoms with Gasteiger partial charge in [-0.1, -0.05) is 11.3 Å². The number of alkyl halides is 2. The highest BCUT2D eigenvalue weighted by Gasteiger charge is 2.43. The number of ether oxygens (including phenoxy) is 2. The molecule has 0 atom stereocenters. The van der Waals surface area contributed by atoms with E-state index in [9.17, 15) is 23.9 Å². The first-order chi connectivity index (χ1) is 23.1. The van der Waals surface area contributed by atoms with Gasteiger partial charge in [0.15, 0.2) is 22.4 Å². The van der Waals surface area contributed by atoms with Crippen molar-refractivity contribution in [3.05, 3.63) is 52.3 Å². The Labute approximate surface area is 277 Å². The Morgan fingerprint density at radius 2 is 1.90 bits per heavy atom. The number of piperazine rings is 1. The van der Waals surface area contributed by atoms with Crippen LogP contribution in [0, 0.1) is 17.1 Å². The highest BCUT2D eigenvalue weighted by Crippen LogP contribution is 2.46. The molecule has 3 aliphatic heterocycles. The quantitative estimate of drug-likeness (QED) is 0.317. The first kappa shape index (κ1) is 30.7. The van der Waals surface area contributed by atoms with Crippen molar-refractivity contribution in [2.24, 2.45) is 0 Å². The zero-order valence-corrected chi connectivity index (χ0v) is 26.7. The van der Waals surface area contributed by atoms with Crippen LogP contribution in [-0.2, 0) is 17.6 Å². The van der Waals surface area contributed by atoms with Crippen LogP contribution in [0.5, 0.6) is 11.5 Å². The number of amides is 1. The predicted molar refractivity (Wildman–Crippen MR) is 171 cm³/mol. The molecule has 2 aromatic heterocycles. The Hall–Kier alpha value is -4.65. The molecular formula is C33H30F3N7O4S. The van der Waals surface area contributed by atoms with Crippen molar-refractivity contribution < 1.29 is 32.5 Å². The fourth-order valence-corrected chi connectivity index (χ4v) is 7.73. The maximum Gasteiger partial charge on any atom is 0.586 e. The molecule has 2 saturated heterocycles. The number of pyridine rings is 1. The summed E-state index contributed by atoms with van der Waals surface area (Å²) in [6.45, 7) is 3.52. The zero-order chi connectivity index (χ0) is 33.3. The van der Waals surface area contributed by atoms with Crippen LogP contribution in [0.4, 0.5) is 29.7 Å². The number of aromatic nitrogens is 2. The SMILES string of the molecule is CN(c1nc(-c2ccc3c(c2)OC(F)(F)O3)c(C#N)s1)c1c2c(nc3c(F)cc(N4CCN(CC(=O)N5CC(O)C5)CC4)cc13)CCC2. The first-order valence-corrected chi connectivity index (χ1v) is 16.5. The third-order valence-electron chi connectivity index (χ3n) is 9.35. The van der Waals surface area contributed by atoms with Crippen molar-refractivity contribution in [1.82, 2.24) is 19.8 Å². The van der Waals surface area contributed by atoms with Crippen molar-refractivity contribution in [2.45, 2.75) is 31.7 Å². The van der Waals surface area contributed by atoms with E-state index >= 15 is 4.39 Å². The van der Waals surface area contributed by atoms with Crippen LogP contribution >= 0.6 is 11.3 Å². The summed E-state index contributed by atoms with van der Waals surface area (Å²) in [5.41, 5.74) is 4.31. The Kier molecular flexibility index (Phi) is 7.35. The number of hydrogen-bond donors (Lipinski definition) is 1. The number of thiazole rings is 1. The van der Waals surface area contributed by atoms with Crippen LogP contribution in [0.15, 0.2) is 30.3 Å². The predicted octanol–water partition coefficient (Wildman–Crippen LogP) is 4.27. The molecule has 4 aromatic rings. The lowest BCUT2D eigenvalue weighted by Gasteiger charge is -2.40. The van der Waals surface area contributed by atoms with Crippen molar-refractivity contribution in [1.29, 1.82) is 5.26 Å². The maximum absolute atomic E-state index is 15.9. The summed E-state index contributed by atoms with van der Waals surface area (Å²) >= 11 is 1.15. The standard InChI is InChI=1S/C33H30F3N7O4S/c1-40(32-39-29(27(14-37)48-32)18-5-6-25-26(11-18)47-33(35,36)46-25)31-21-3-2-4-24(21)38-30-22(31)12-19(13-23(30)34)42-9-7-41(8-10-42)17-28(45)43-15-20(44)16-43/h5-6,11-13,20,44H,2-4,7-10,15-17H2,1H3. The van der Waals surface area contributed by atoms with E-state index in [0.29, 0.717) is 66.7 Å². The number of nitrogens with zero attached hydrogens (tertiary/aromatic N) is 7. The molecular weight excluding hydrogens is 647 g/mol. The minimum Gasteiger partial charge on any atom is -0.395 e. The third kappa shape index (κ3) is 5.33. The van der Waals surface area contributed by atoms with Gasteiger partial charge in [-0.2, -0.15) is 5.26 Å². The summed E-state index contributed by atoms with van der Waals surface area (Å²) in [4.78, 5) is 30.0. The number of nitriles is 1. The fraction of sp³-hybridized carbons (Fsp3) is 0.394. The summed E-state index contributed by atoms with van der Waals surface area (Å²) in [5, 5.41) is 20.6. The Morgan fingerprint density at radius 1 is 1.12 bits per heavy atom. The number of halogens is 3. The number of β-amino-alcohol motifs (C(OH)–C–C–N with tert-alkyl or cyclic N) is 1. The number of fused-ring (bicyclic) bond motifs is 3. The minimum atomic E-state index is -3.77. The highest BCUT2D eigenvalue weighted by molar-refractivity contribution is 7.16. The second-order valence-corrected chi connectivity index (χ2v) is 13.4. The molecule has 0 unspecified atom stereocenters. The number of aryl methyl sites for hydroxylation is 1. The topological polar surface area (TPSA) is 118 Å². The van der Waals surface area contributed by atoms with E-state index in [4.69, 9.17) is 9.97 Å². The van der Waals surface area contributed by atoms with Crippen molar-refractivity contribution in [3.63, 3.8) is 0 Å². The van der Waals surface area contributed by atoms with Gasteiger partial charge in [-0.05, 0) is 55.2 Å². The first-order valence-electron chi connectivity index (χ1n) is 15.7. The van der Waals surface area contributed by atoms with E-state index in [-0.39, 0.29) is 34.3 Å². The van der Waals surface area contributed by atoms with Gasteiger partial charge in [0.25, 0.3) is 0 Å². The lowest BCUT2D eigenvalue weighted by Crippen LogP contribution is -2.57. The number of rotatable bonds is 6. The molecule has 15 heteroatoms. The number of carbonyl (C=O) groups is 1. The maximum atomic E-state index is 15.9. The molecule has 1 amide bonds. The fourth-order valence-electron chi connectivity index (χ4n) is 6.88. The molecule has 2 aromatic carbocycles. The Balaban J connectivity index is 1.11. The van der Waals surface area contributed by atoms with Crippen LogP contribution in [0.25, 0.3) is 22.2 Å². The summed E-state index contributed by atoms with van der Waals surface area (Å²) in [5.74, 6) is -0.680. The third-order valence-corrected chi connectivity index (χ3v) is 10.4. The van der Waals surface area contributed by atoms with Gasteiger partial charge in [0, 0.05) is 68.6 Å². The average Bonchev–Trinajstić information content (AvgIpc) is 3.77. The van der Waals surface area contributed by atoms with Gasteiger partial charge in [-0.3, -0.25) is 9.69 Å². The molecule has 2 fully saturated rings. The van der Waals surface area contributed by atoms with E-state index in [2.05, 4.69) is 25.3 Å². The molecule has 0 spiro atoms. The number of likely N-dealkylation sites (tertiary alicyclic amines) is 1. The van der Waals surface area contributed by atoms with Crippen molar-refractivity contribution in [2.75, 3.05) is 62.7 Å². The summed E-state index contributed by atoms with van der Waals surface area (Å²) in [7, 11) is 1.83. The van der Waals surface area contributed by atoms with E-state index < -0.39 is 18.2 Å². The number of hydrogen-bond acceptors (Lipinski definition) is 11. The van der Waals surface area contributed by atoms with Gasteiger partial charge >= 0.3 is 6.29 Å². The molecule has 8 rings (SSSR count). The summed E-state index contributed by atoms with van der Waals surface area (Å²) in [6, 6.07) is 9.93. The number of anilines is 3. The largest absolute Gasteiger partial charge is 0.586 e. The van der Waals surface area contributed by atoms with Crippen LogP contribution in [0.2, 0.25) is 0 Å². The van der Waals surface area contributed by atoms with Gasteiger partial charge in [-0.15, -0.1) is 8.78 Å². The monoisotopic (exact) mass is 677 g/mol. The highest BCUT2D eigenvalue weighted by atomic mass is 32.1. The van der Waals surface area contributed by atoms with Crippen molar-refractivity contribution >= 4 is 44.7 Å². The average molecular weight is 678 g/mol. The van der Waals surface area contributed by atoms with Crippen LogP contribution in [-0.4, -0.2) is 96.0 Å². The normalized spacial score (nSPS) is 18.6. The van der Waals surface area contributed by atoms with Crippen LogP contribution in [0.3, 0.4) is 0 Å². The van der Waals surface area contributed by atoms with Gasteiger partial charge in [0.05, 0.1) is 18.3 Å². The number of benzene rings is 2. The number of aliphatic hydroxyl groups is 1. The van der Waals surface area contributed by atoms with Gasteiger partial charge < -0.3 is 29.3 Å². The Bertz CT molecular complexity index is 2000. The second kappa shape index (κ2) is 11.5. The van der Waals surface area contributed by atoms with Crippen LogP contribution < -0.4 is 19.3 Å². The molecule has 0 saturated carbocycles. The van der Waals surface area contributed by atoms with Crippen LogP contribution in [0.1, 0.15) is 22.6 Å². The lowest BCUT2D eigenvalue weighted by atomic mass is 10.0. The molecule has 11 nitrogen and oxygen atoms in total. The summed E-state index contributed by atoms with van der Waals surface area (Å²) < 4.78 is 52.4. The molecule has 0 bridgehead atoms. The second-order valence-electron chi connectivity index (χ2n) is 12.5. The smallest absolute Gasteiger partial charge is 0.395 e. The number of carbonyl (C=O) groups excluding carboxylic acids is 1. The van der Waals surface area contributed by atoms with E-state index in [1.807, 2.05) is 18.0 Å².